The summed E-state index contributed by atoms with van der Waals surface area (Å²) in [5.74, 6) is 2.52. The van der Waals surface area contributed by atoms with Gasteiger partial charge in [-0.15, -0.1) is 6.42 Å². The van der Waals surface area contributed by atoms with Crippen LogP contribution in [-0.4, -0.2) is 28.6 Å². The molecule has 1 saturated heterocycles. The minimum atomic E-state index is 0.193. The second-order valence-corrected chi connectivity index (χ2v) is 4.32. The van der Waals surface area contributed by atoms with Gasteiger partial charge in [-0.2, -0.15) is 0 Å². The van der Waals surface area contributed by atoms with Gasteiger partial charge in [0.2, 0.25) is 0 Å². The van der Waals surface area contributed by atoms with Crippen LogP contribution in [0.3, 0.4) is 0 Å². The van der Waals surface area contributed by atoms with Crippen molar-refractivity contribution < 1.29 is 0 Å². The third kappa shape index (κ3) is 2.35. The molecule has 1 rings (SSSR count). The third-order valence-corrected chi connectivity index (χ3v) is 2.85. The topological polar surface area (TPSA) is 15.3 Å². The molecule has 1 heterocycles. The van der Waals surface area contributed by atoms with Crippen molar-refractivity contribution in [3.05, 3.63) is 0 Å². The van der Waals surface area contributed by atoms with Crippen molar-refractivity contribution in [3.8, 4) is 12.3 Å². The molecule has 1 aliphatic rings. The van der Waals surface area contributed by atoms with Crippen molar-refractivity contribution in [2.75, 3.05) is 13.1 Å². The van der Waals surface area contributed by atoms with E-state index < -0.39 is 0 Å². The van der Waals surface area contributed by atoms with Crippen LogP contribution in [0, 0.1) is 12.3 Å². The number of hydrogen-bond donors (Lipinski definition) is 1. The van der Waals surface area contributed by atoms with E-state index in [1.54, 1.807) is 0 Å². The maximum absolute atomic E-state index is 5.25. The molecule has 0 atom stereocenters. The molecule has 0 spiro atoms. The number of hydrogen-bond acceptors (Lipinski definition) is 1. The zero-order chi connectivity index (χ0) is 9.90. The van der Waals surface area contributed by atoms with E-state index in [4.69, 9.17) is 18.6 Å². The first-order valence-electron chi connectivity index (χ1n) is 4.57. The van der Waals surface area contributed by atoms with Crippen molar-refractivity contribution in [1.29, 1.82) is 0 Å². The molecular formula is C10H16N2S. The molecule has 0 aromatic heterocycles. The van der Waals surface area contributed by atoms with Crippen LogP contribution in [0.1, 0.15) is 26.7 Å². The normalized spacial score (nSPS) is 19.6. The van der Waals surface area contributed by atoms with Crippen LogP contribution in [0.2, 0.25) is 0 Å². The molecule has 1 fully saturated rings. The highest BCUT2D eigenvalue weighted by Gasteiger charge is 2.33. The van der Waals surface area contributed by atoms with Crippen molar-refractivity contribution >= 4 is 17.3 Å². The summed E-state index contributed by atoms with van der Waals surface area (Å²) in [6.45, 7) is 5.99. The first-order valence-corrected chi connectivity index (χ1v) is 4.98. The van der Waals surface area contributed by atoms with Gasteiger partial charge in [0.05, 0.1) is 6.54 Å². The molecule has 0 amide bonds. The zero-order valence-corrected chi connectivity index (χ0v) is 9.08. The summed E-state index contributed by atoms with van der Waals surface area (Å²) in [5.41, 5.74) is 0.193. The molecule has 13 heavy (non-hydrogen) atoms. The average molecular weight is 196 g/mol. The molecule has 0 unspecified atom stereocenters. The van der Waals surface area contributed by atoms with Crippen LogP contribution >= 0.6 is 12.2 Å². The average Bonchev–Trinajstić information content (AvgIpc) is 2.41. The Bertz CT molecular complexity index is 240. The molecule has 1 N–H and O–H groups in total. The molecule has 0 saturated carbocycles. The second kappa shape index (κ2) is 3.97. The van der Waals surface area contributed by atoms with Gasteiger partial charge in [0.15, 0.2) is 5.11 Å². The predicted molar refractivity (Wildman–Crippen MR) is 59.5 cm³/mol. The number of terminal acetylenes is 1. The lowest BCUT2D eigenvalue weighted by atomic mass is 10.0. The smallest absolute Gasteiger partial charge is 0.170 e. The van der Waals surface area contributed by atoms with Crippen molar-refractivity contribution in [2.45, 2.75) is 32.2 Å². The molecule has 0 aromatic carbocycles. The van der Waals surface area contributed by atoms with Crippen LogP contribution in [-0.2, 0) is 0 Å². The van der Waals surface area contributed by atoms with E-state index in [0.717, 1.165) is 11.7 Å². The molecule has 0 aromatic rings. The first-order chi connectivity index (χ1) is 6.08. The van der Waals surface area contributed by atoms with Crippen LogP contribution in [0.25, 0.3) is 0 Å². The Morgan fingerprint density at radius 1 is 1.69 bits per heavy atom. The first kappa shape index (κ1) is 10.3. The molecule has 1 aliphatic heterocycles. The highest BCUT2D eigenvalue weighted by molar-refractivity contribution is 7.80. The lowest BCUT2D eigenvalue weighted by molar-refractivity contribution is 0.279. The summed E-state index contributed by atoms with van der Waals surface area (Å²) in [4.78, 5) is 2.22. The second-order valence-electron chi connectivity index (χ2n) is 3.93. The van der Waals surface area contributed by atoms with Crippen molar-refractivity contribution in [2.24, 2.45) is 0 Å². The van der Waals surface area contributed by atoms with E-state index in [1.807, 2.05) is 0 Å². The Morgan fingerprint density at radius 3 is 2.85 bits per heavy atom. The Morgan fingerprint density at radius 2 is 2.38 bits per heavy atom. The Kier molecular flexibility index (Phi) is 3.16. The van der Waals surface area contributed by atoms with E-state index in [2.05, 4.69) is 30.0 Å². The Hall–Kier alpha value is -0.750. The quantitative estimate of drug-likeness (QED) is 0.504. The highest BCUT2D eigenvalue weighted by Crippen LogP contribution is 2.27. The predicted octanol–water partition coefficient (Wildman–Crippen LogP) is 1.37. The van der Waals surface area contributed by atoms with Crippen LogP contribution in [0.5, 0.6) is 0 Å². The fraction of sp³-hybridized carbons (Fsp3) is 0.700. The minimum absolute atomic E-state index is 0.193. The summed E-state index contributed by atoms with van der Waals surface area (Å²) in [5, 5.41) is 3.84. The summed E-state index contributed by atoms with van der Waals surface area (Å²) < 4.78 is 0. The molecule has 2 nitrogen and oxygen atoms in total. The van der Waals surface area contributed by atoms with Gasteiger partial charge in [-0.1, -0.05) is 5.92 Å². The van der Waals surface area contributed by atoms with Crippen LogP contribution in [0.4, 0.5) is 0 Å². The van der Waals surface area contributed by atoms with Crippen LogP contribution < -0.4 is 5.32 Å². The summed E-state index contributed by atoms with van der Waals surface area (Å²) >= 11 is 5.25. The molecule has 3 heteroatoms. The number of likely N-dealkylation sites (tertiary alicyclic amines) is 1. The van der Waals surface area contributed by atoms with Crippen molar-refractivity contribution in [1.82, 2.24) is 10.2 Å². The van der Waals surface area contributed by atoms with E-state index in [0.29, 0.717) is 6.54 Å². The van der Waals surface area contributed by atoms with Gasteiger partial charge in [0.25, 0.3) is 0 Å². The monoisotopic (exact) mass is 196 g/mol. The van der Waals surface area contributed by atoms with E-state index in [-0.39, 0.29) is 5.54 Å². The van der Waals surface area contributed by atoms with Crippen LogP contribution in [0.15, 0.2) is 0 Å². The SMILES string of the molecule is C#CCNC(=S)N1CCCC1(C)C. The number of nitrogens with zero attached hydrogens (tertiary/aromatic N) is 1. The third-order valence-electron chi connectivity index (χ3n) is 2.49. The maximum atomic E-state index is 5.25. The maximum Gasteiger partial charge on any atom is 0.170 e. The van der Waals surface area contributed by atoms with E-state index in [9.17, 15) is 0 Å². The fourth-order valence-electron chi connectivity index (χ4n) is 1.71. The number of nitrogens with one attached hydrogen (secondary N) is 1. The Labute approximate surface area is 85.7 Å². The van der Waals surface area contributed by atoms with E-state index >= 15 is 0 Å². The molecular weight excluding hydrogens is 180 g/mol. The van der Waals surface area contributed by atoms with Gasteiger partial charge in [0, 0.05) is 12.1 Å². The fourth-order valence-corrected chi connectivity index (χ4v) is 2.12. The van der Waals surface area contributed by atoms with E-state index in [1.165, 1.54) is 12.8 Å². The van der Waals surface area contributed by atoms with Crippen molar-refractivity contribution in [3.63, 3.8) is 0 Å². The van der Waals surface area contributed by atoms with Gasteiger partial charge < -0.3 is 10.2 Å². The summed E-state index contributed by atoms with van der Waals surface area (Å²) in [7, 11) is 0. The van der Waals surface area contributed by atoms with Gasteiger partial charge in [0.1, 0.15) is 0 Å². The lowest BCUT2D eigenvalue weighted by Crippen LogP contribution is -2.47. The summed E-state index contributed by atoms with van der Waals surface area (Å²) in [6.07, 6.45) is 7.56. The van der Waals surface area contributed by atoms with Gasteiger partial charge in [-0.25, -0.2) is 0 Å². The largest absolute Gasteiger partial charge is 0.352 e. The van der Waals surface area contributed by atoms with Gasteiger partial charge in [-0.3, -0.25) is 0 Å². The number of thiocarbonyl (C=S) groups is 1. The molecule has 0 bridgehead atoms. The molecule has 0 aliphatic carbocycles. The Balaban J connectivity index is 2.52. The minimum Gasteiger partial charge on any atom is -0.352 e. The molecule has 0 radical (unpaired) electrons. The van der Waals surface area contributed by atoms with Gasteiger partial charge in [-0.05, 0) is 38.9 Å². The zero-order valence-electron chi connectivity index (χ0n) is 8.26. The summed E-state index contributed by atoms with van der Waals surface area (Å²) in [6, 6.07) is 0. The lowest BCUT2D eigenvalue weighted by Gasteiger charge is -2.33. The standard InChI is InChI=1S/C10H16N2S/c1-4-7-11-9(13)12-8-5-6-10(12,2)3/h1H,5-8H2,2-3H3,(H,11,13). The molecule has 72 valence electrons. The van der Waals surface area contributed by atoms with Gasteiger partial charge >= 0.3 is 0 Å². The number of rotatable bonds is 1. The highest BCUT2D eigenvalue weighted by atomic mass is 32.1.